The minimum atomic E-state index is 0.298. The van der Waals surface area contributed by atoms with Crippen LogP contribution >= 0.6 is 0 Å². The lowest BCUT2D eigenvalue weighted by Gasteiger charge is -2.28. The molecule has 0 spiro atoms. The van der Waals surface area contributed by atoms with Crippen molar-refractivity contribution in [3.63, 3.8) is 0 Å². The van der Waals surface area contributed by atoms with Crippen LogP contribution in [-0.2, 0) is 6.54 Å². The van der Waals surface area contributed by atoms with Gasteiger partial charge in [-0.3, -0.25) is 0 Å². The predicted molar refractivity (Wildman–Crippen MR) is 115 cm³/mol. The number of benzene rings is 2. The molecule has 0 saturated heterocycles. The molecule has 6 heteroatoms. The van der Waals surface area contributed by atoms with Gasteiger partial charge in [-0.05, 0) is 38.5 Å². The SMILES string of the molecule is Cc1cc(N(Cc2ccccc2)C(C)C)nc(Nc2ccc3c(c2)OCCO3)n1. The molecule has 2 heterocycles. The van der Waals surface area contributed by atoms with Crippen molar-refractivity contribution in [1.82, 2.24) is 9.97 Å². The van der Waals surface area contributed by atoms with Crippen LogP contribution in [0, 0.1) is 6.92 Å². The van der Waals surface area contributed by atoms with Crippen LogP contribution in [-0.4, -0.2) is 29.2 Å². The fourth-order valence-corrected chi connectivity index (χ4v) is 3.31. The molecule has 6 nitrogen and oxygen atoms in total. The lowest BCUT2D eigenvalue weighted by molar-refractivity contribution is 0.171. The highest BCUT2D eigenvalue weighted by Crippen LogP contribution is 2.33. The molecule has 0 bridgehead atoms. The van der Waals surface area contributed by atoms with Crippen LogP contribution in [0.3, 0.4) is 0 Å². The maximum Gasteiger partial charge on any atom is 0.229 e. The Bertz CT molecular complexity index is 976. The van der Waals surface area contributed by atoms with Crippen molar-refractivity contribution in [2.45, 2.75) is 33.4 Å². The number of anilines is 3. The van der Waals surface area contributed by atoms with Crippen LogP contribution in [0.2, 0.25) is 0 Å². The summed E-state index contributed by atoms with van der Waals surface area (Å²) in [4.78, 5) is 11.6. The van der Waals surface area contributed by atoms with Gasteiger partial charge in [0.2, 0.25) is 5.95 Å². The van der Waals surface area contributed by atoms with E-state index in [1.807, 2.05) is 37.3 Å². The molecule has 4 rings (SSSR count). The molecule has 1 aliphatic heterocycles. The second-order valence-electron chi connectivity index (χ2n) is 7.38. The predicted octanol–water partition coefficient (Wildman–Crippen LogP) is 4.71. The molecular weight excluding hydrogens is 364 g/mol. The van der Waals surface area contributed by atoms with Gasteiger partial charge in [-0.15, -0.1) is 0 Å². The Morgan fingerprint density at radius 2 is 1.72 bits per heavy atom. The third-order valence-electron chi connectivity index (χ3n) is 4.75. The average Bonchev–Trinajstić information content (AvgIpc) is 2.72. The van der Waals surface area contributed by atoms with Crippen molar-refractivity contribution < 1.29 is 9.47 Å². The van der Waals surface area contributed by atoms with Gasteiger partial charge in [-0.1, -0.05) is 30.3 Å². The van der Waals surface area contributed by atoms with E-state index in [9.17, 15) is 0 Å². The highest BCUT2D eigenvalue weighted by atomic mass is 16.6. The standard InChI is InChI=1S/C23H26N4O2/c1-16(2)27(15-18-7-5-4-6-8-18)22-13-17(3)24-23(26-22)25-19-9-10-20-21(14-19)29-12-11-28-20/h4-10,13-14,16H,11-12,15H2,1-3H3,(H,24,25,26). The van der Waals surface area contributed by atoms with Crippen LogP contribution in [0.15, 0.2) is 54.6 Å². The zero-order valence-electron chi connectivity index (χ0n) is 17.1. The zero-order valence-corrected chi connectivity index (χ0v) is 17.1. The largest absolute Gasteiger partial charge is 0.486 e. The van der Waals surface area contributed by atoms with E-state index in [0.717, 1.165) is 35.2 Å². The number of hydrogen-bond acceptors (Lipinski definition) is 6. The van der Waals surface area contributed by atoms with Crippen LogP contribution in [0.1, 0.15) is 25.1 Å². The first-order chi connectivity index (χ1) is 14.1. The van der Waals surface area contributed by atoms with E-state index in [0.29, 0.717) is 25.2 Å². The smallest absolute Gasteiger partial charge is 0.229 e. The Kier molecular flexibility index (Phi) is 5.51. The minimum absolute atomic E-state index is 0.298. The number of ether oxygens (including phenoxy) is 2. The summed E-state index contributed by atoms with van der Waals surface area (Å²) in [5, 5.41) is 3.31. The number of aryl methyl sites for hydroxylation is 1. The lowest BCUT2D eigenvalue weighted by Crippen LogP contribution is -2.31. The first kappa shape index (κ1) is 19.1. The molecule has 0 unspecified atom stereocenters. The monoisotopic (exact) mass is 390 g/mol. The molecule has 0 saturated carbocycles. The first-order valence-corrected chi connectivity index (χ1v) is 9.91. The Morgan fingerprint density at radius 1 is 0.966 bits per heavy atom. The second-order valence-corrected chi connectivity index (χ2v) is 7.38. The van der Waals surface area contributed by atoms with Crippen molar-refractivity contribution in [3.8, 4) is 11.5 Å². The number of hydrogen-bond donors (Lipinski definition) is 1. The van der Waals surface area contributed by atoms with E-state index >= 15 is 0 Å². The Labute approximate surface area is 171 Å². The number of nitrogens with zero attached hydrogens (tertiary/aromatic N) is 3. The summed E-state index contributed by atoms with van der Waals surface area (Å²) in [7, 11) is 0. The van der Waals surface area contributed by atoms with Gasteiger partial charge in [0.05, 0.1) is 0 Å². The van der Waals surface area contributed by atoms with Gasteiger partial charge in [0, 0.05) is 36.1 Å². The van der Waals surface area contributed by atoms with E-state index < -0.39 is 0 Å². The molecule has 0 aliphatic carbocycles. The lowest BCUT2D eigenvalue weighted by atomic mass is 10.2. The molecule has 29 heavy (non-hydrogen) atoms. The van der Waals surface area contributed by atoms with Gasteiger partial charge in [0.15, 0.2) is 11.5 Å². The summed E-state index contributed by atoms with van der Waals surface area (Å²) in [6.07, 6.45) is 0. The molecular formula is C23H26N4O2. The summed E-state index contributed by atoms with van der Waals surface area (Å²) >= 11 is 0. The van der Waals surface area contributed by atoms with Crippen molar-refractivity contribution in [1.29, 1.82) is 0 Å². The van der Waals surface area contributed by atoms with Crippen molar-refractivity contribution >= 4 is 17.5 Å². The van der Waals surface area contributed by atoms with E-state index in [2.05, 4.69) is 53.3 Å². The van der Waals surface area contributed by atoms with Crippen molar-refractivity contribution in [2.24, 2.45) is 0 Å². The van der Waals surface area contributed by atoms with E-state index in [1.165, 1.54) is 5.56 Å². The average molecular weight is 390 g/mol. The number of fused-ring (bicyclic) bond motifs is 1. The topological polar surface area (TPSA) is 59.5 Å². The summed E-state index contributed by atoms with van der Waals surface area (Å²) in [6, 6.07) is 18.5. The molecule has 0 fully saturated rings. The maximum absolute atomic E-state index is 5.67. The summed E-state index contributed by atoms with van der Waals surface area (Å²) in [5.74, 6) is 2.97. The van der Waals surface area contributed by atoms with Gasteiger partial charge < -0.3 is 19.7 Å². The molecule has 1 aliphatic rings. The molecule has 1 N–H and O–H groups in total. The molecule has 1 aromatic heterocycles. The fourth-order valence-electron chi connectivity index (χ4n) is 3.31. The zero-order chi connectivity index (χ0) is 20.2. The van der Waals surface area contributed by atoms with Gasteiger partial charge in [0.25, 0.3) is 0 Å². The van der Waals surface area contributed by atoms with Crippen LogP contribution in [0.5, 0.6) is 11.5 Å². The minimum Gasteiger partial charge on any atom is -0.486 e. The molecule has 0 radical (unpaired) electrons. The Morgan fingerprint density at radius 3 is 2.48 bits per heavy atom. The highest BCUT2D eigenvalue weighted by molar-refractivity contribution is 5.61. The fraction of sp³-hybridized carbons (Fsp3) is 0.304. The second kappa shape index (κ2) is 8.39. The number of aromatic nitrogens is 2. The molecule has 0 atom stereocenters. The van der Waals surface area contributed by atoms with Gasteiger partial charge in [0.1, 0.15) is 19.0 Å². The van der Waals surface area contributed by atoms with Crippen molar-refractivity contribution in [2.75, 3.05) is 23.4 Å². The number of rotatable bonds is 6. The molecule has 2 aromatic carbocycles. The third kappa shape index (κ3) is 4.59. The maximum atomic E-state index is 5.67. The Hall–Kier alpha value is -3.28. The van der Waals surface area contributed by atoms with Gasteiger partial charge in [-0.25, -0.2) is 4.98 Å². The Balaban J connectivity index is 1.59. The van der Waals surface area contributed by atoms with Crippen molar-refractivity contribution in [3.05, 3.63) is 65.9 Å². The normalized spacial score (nSPS) is 12.7. The summed E-state index contributed by atoms with van der Waals surface area (Å²) < 4.78 is 11.3. The van der Waals surface area contributed by atoms with Gasteiger partial charge >= 0.3 is 0 Å². The molecule has 0 amide bonds. The molecule has 3 aromatic rings. The molecule has 150 valence electrons. The van der Waals surface area contributed by atoms with E-state index in [1.54, 1.807) is 0 Å². The first-order valence-electron chi connectivity index (χ1n) is 9.91. The third-order valence-corrected chi connectivity index (χ3v) is 4.75. The quantitative estimate of drug-likeness (QED) is 0.657. The van der Waals surface area contributed by atoms with E-state index in [-0.39, 0.29) is 0 Å². The van der Waals surface area contributed by atoms with Crippen LogP contribution < -0.4 is 19.7 Å². The summed E-state index contributed by atoms with van der Waals surface area (Å²) in [5.41, 5.74) is 3.03. The van der Waals surface area contributed by atoms with E-state index in [4.69, 9.17) is 14.5 Å². The van der Waals surface area contributed by atoms with Crippen LogP contribution in [0.4, 0.5) is 17.5 Å². The highest BCUT2D eigenvalue weighted by Gasteiger charge is 2.16. The summed E-state index contributed by atoms with van der Waals surface area (Å²) in [6.45, 7) is 8.27. The number of nitrogens with one attached hydrogen (secondary N) is 1. The van der Waals surface area contributed by atoms with Crippen LogP contribution in [0.25, 0.3) is 0 Å². The van der Waals surface area contributed by atoms with Gasteiger partial charge in [-0.2, -0.15) is 4.98 Å².